The molecule has 1 unspecified atom stereocenters. The lowest BCUT2D eigenvalue weighted by atomic mass is 10.1. The fourth-order valence-corrected chi connectivity index (χ4v) is 3.45. The highest BCUT2D eigenvalue weighted by Gasteiger charge is 2.31. The van der Waals surface area contributed by atoms with Crippen molar-refractivity contribution >= 4 is 17.4 Å². The van der Waals surface area contributed by atoms with Crippen molar-refractivity contribution in [3.8, 4) is 0 Å². The third-order valence-electron chi connectivity index (χ3n) is 5.14. The van der Waals surface area contributed by atoms with E-state index in [1.807, 2.05) is 6.92 Å². The van der Waals surface area contributed by atoms with Gasteiger partial charge in [0, 0.05) is 44.9 Å². The monoisotopic (exact) mass is 452 g/mol. The van der Waals surface area contributed by atoms with Crippen molar-refractivity contribution in [1.82, 2.24) is 9.88 Å². The number of benzene rings is 1. The summed E-state index contributed by atoms with van der Waals surface area (Å²) in [5.74, 6) is 0.112. The number of pyridine rings is 1. The molecule has 1 aliphatic heterocycles. The number of hydrogen-bond donors (Lipinski definition) is 2. The van der Waals surface area contributed by atoms with Crippen molar-refractivity contribution in [2.45, 2.75) is 19.2 Å². The van der Waals surface area contributed by atoms with Gasteiger partial charge in [-0.25, -0.2) is 4.98 Å². The molecule has 2 aromatic rings. The van der Waals surface area contributed by atoms with Crippen LogP contribution in [0, 0.1) is 0 Å². The number of nitrogens with zero attached hydrogens (tertiary/aromatic N) is 3. The van der Waals surface area contributed by atoms with Gasteiger partial charge in [-0.2, -0.15) is 13.2 Å². The quantitative estimate of drug-likeness (QED) is 0.642. The molecule has 10 heteroatoms. The van der Waals surface area contributed by atoms with Gasteiger partial charge in [0.1, 0.15) is 5.82 Å². The summed E-state index contributed by atoms with van der Waals surface area (Å²) in [7, 11) is 0. The molecular formula is C22H27F3N4O3. The summed E-state index contributed by atoms with van der Waals surface area (Å²) in [4.78, 5) is 21.0. The molecular weight excluding hydrogens is 425 g/mol. The third kappa shape index (κ3) is 6.65. The van der Waals surface area contributed by atoms with Crippen molar-refractivity contribution in [3.63, 3.8) is 0 Å². The van der Waals surface area contributed by atoms with Gasteiger partial charge < -0.3 is 20.1 Å². The molecule has 0 aliphatic carbocycles. The van der Waals surface area contributed by atoms with E-state index in [0.717, 1.165) is 44.1 Å². The Morgan fingerprint density at radius 3 is 2.59 bits per heavy atom. The summed E-state index contributed by atoms with van der Waals surface area (Å²) in [6, 6.07) is 7.72. The molecule has 1 aromatic carbocycles. The highest BCUT2D eigenvalue weighted by molar-refractivity contribution is 6.04. The van der Waals surface area contributed by atoms with Crippen molar-refractivity contribution in [3.05, 3.63) is 53.7 Å². The Bertz CT molecular complexity index is 885. The van der Waals surface area contributed by atoms with Crippen LogP contribution in [0.15, 0.2) is 42.6 Å². The first-order valence-electron chi connectivity index (χ1n) is 10.4. The number of carbonyl (C=O) groups is 1. The second-order valence-corrected chi connectivity index (χ2v) is 7.54. The zero-order valence-corrected chi connectivity index (χ0v) is 17.8. The maximum Gasteiger partial charge on any atom is 0.416 e. The Morgan fingerprint density at radius 1 is 1.22 bits per heavy atom. The van der Waals surface area contributed by atoms with Crippen molar-refractivity contribution in [2.24, 2.45) is 0 Å². The minimum atomic E-state index is -4.51. The number of piperazine rings is 1. The molecule has 3 rings (SSSR count). The Hall–Kier alpha value is -2.69. The largest absolute Gasteiger partial charge is 0.416 e. The van der Waals surface area contributed by atoms with Crippen molar-refractivity contribution in [1.29, 1.82) is 0 Å². The maximum absolute atomic E-state index is 12.8. The van der Waals surface area contributed by atoms with E-state index in [2.05, 4.69) is 20.1 Å². The first-order valence-corrected chi connectivity index (χ1v) is 10.4. The summed E-state index contributed by atoms with van der Waals surface area (Å²) in [6.07, 6.45) is -3.54. The SMILES string of the molecule is CCOCC(O)CN1CCN(c2ccc(NC(=O)c3cccc(C(F)(F)F)c3)cn2)CC1. The number of rotatable bonds is 8. The van der Waals surface area contributed by atoms with E-state index in [9.17, 15) is 23.1 Å². The van der Waals surface area contributed by atoms with Crippen LogP contribution in [-0.4, -0.2) is 72.9 Å². The molecule has 2 heterocycles. The number of hydrogen-bond acceptors (Lipinski definition) is 6. The van der Waals surface area contributed by atoms with Gasteiger partial charge in [0.15, 0.2) is 0 Å². The predicted molar refractivity (Wildman–Crippen MR) is 115 cm³/mol. The van der Waals surface area contributed by atoms with E-state index in [4.69, 9.17) is 4.74 Å². The zero-order chi connectivity index (χ0) is 23.1. The van der Waals surface area contributed by atoms with E-state index in [1.165, 1.54) is 18.3 Å². The van der Waals surface area contributed by atoms with E-state index < -0.39 is 23.8 Å². The number of halogens is 3. The number of ether oxygens (including phenoxy) is 1. The number of nitrogens with one attached hydrogen (secondary N) is 1. The summed E-state index contributed by atoms with van der Waals surface area (Å²) in [6.45, 7) is 6.38. The number of aliphatic hydroxyl groups is 1. The van der Waals surface area contributed by atoms with E-state index >= 15 is 0 Å². The van der Waals surface area contributed by atoms with Gasteiger partial charge in [-0.05, 0) is 37.3 Å². The second kappa shape index (κ2) is 10.8. The summed E-state index contributed by atoms with van der Waals surface area (Å²) >= 11 is 0. The summed E-state index contributed by atoms with van der Waals surface area (Å²) < 4.78 is 43.8. The number of aliphatic hydroxyl groups excluding tert-OH is 1. The van der Waals surface area contributed by atoms with Gasteiger partial charge in [0.2, 0.25) is 0 Å². The van der Waals surface area contributed by atoms with Gasteiger partial charge >= 0.3 is 6.18 Å². The fourth-order valence-electron chi connectivity index (χ4n) is 3.45. The lowest BCUT2D eigenvalue weighted by Gasteiger charge is -2.36. The lowest BCUT2D eigenvalue weighted by molar-refractivity contribution is -0.137. The first-order chi connectivity index (χ1) is 15.3. The molecule has 1 amide bonds. The van der Waals surface area contributed by atoms with Gasteiger partial charge in [-0.1, -0.05) is 6.07 Å². The Morgan fingerprint density at radius 2 is 1.97 bits per heavy atom. The highest BCUT2D eigenvalue weighted by atomic mass is 19.4. The van der Waals surface area contributed by atoms with Crippen LogP contribution in [0.5, 0.6) is 0 Å². The number of β-amino-alcohol motifs (C(OH)–C–C–N with tert-alkyl or cyclic N) is 1. The molecule has 1 fully saturated rings. The molecule has 1 saturated heterocycles. The fraction of sp³-hybridized carbons (Fsp3) is 0.455. The normalized spacial score (nSPS) is 16.1. The van der Waals surface area contributed by atoms with Crippen LogP contribution in [0.2, 0.25) is 0 Å². The molecule has 0 spiro atoms. The van der Waals surface area contributed by atoms with Gasteiger partial charge in [0.25, 0.3) is 5.91 Å². The standard InChI is InChI=1S/C22H27F3N4O3/c1-2-32-15-19(30)14-28-8-10-29(11-9-28)20-7-6-18(13-26-20)27-21(31)16-4-3-5-17(12-16)22(23,24)25/h3-7,12-13,19,30H,2,8-11,14-15H2,1H3,(H,27,31). The summed E-state index contributed by atoms with van der Waals surface area (Å²) in [5.41, 5.74) is -0.552. The molecule has 0 saturated carbocycles. The molecule has 1 atom stereocenters. The second-order valence-electron chi connectivity index (χ2n) is 7.54. The smallest absolute Gasteiger partial charge is 0.389 e. The Balaban J connectivity index is 1.52. The van der Waals surface area contributed by atoms with E-state index in [-0.39, 0.29) is 5.56 Å². The number of alkyl halides is 3. The van der Waals surface area contributed by atoms with Crippen molar-refractivity contribution in [2.75, 3.05) is 56.2 Å². The number of aromatic nitrogens is 1. The van der Waals surface area contributed by atoms with Crippen LogP contribution in [-0.2, 0) is 10.9 Å². The van der Waals surface area contributed by atoms with Crippen LogP contribution in [0.25, 0.3) is 0 Å². The van der Waals surface area contributed by atoms with Gasteiger partial charge in [-0.3, -0.25) is 9.69 Å². The molecule has 2 N–H and O–H groups in total. The number of anilines is 2. The Kier molecular flexibility index (Phi) is 8.05. The summed E-state index contributed by atoms with van der Waals surface area (Å²) in [5, 5.41) is 12.5. The van der Waals surface area contributed by atoms with Crippen LogP contribution in [0.4, 0.5) is 24.7 Å². The average molecular weight is 452 g/mol. The van der Waals surface area contributed by atoms with Gasteiger partial charge in [0.05, 0.1) is 30.2 Å². The number of amides is 1. The Labute approximate surface area is 184 Å². The third-order valence-corrected chi connectivity index (χ3v) is 5.14. The van der Waals surface area contributed by atoms with E-state index in [0.29, 0.717) is 25.4 Å². The number of carbonyl (C=O) groups excluding carboxylic acids is 1. The average Bonchev–Trinajstić information content (AvgIpc) is 2.78. The molecule has 0 radical (unpaired) electrons. The van der Waals surface area contributed by atoms with Crippen LogP contribution in [0.1, 0.15) is 22.8 Å². The molecule has 7 nitrogen and oxygen atoms in total. The molecule has 0 bridgehead atoms. The molecule has 1 aromatic heterocycles. The zero-order valence-electron chi connectivity index (χ0n) is 17.8. The lowest BCUT2D eigenvalue weighted by Crippen LogP contribution is -2.49. The molecule has 174 valence electrons. The van der Waals surface area contributed by atoms with E-state index in [1.54, 1.807) is 12.1 Å². The molecule has 1 aliphatic rings. The molecule has 32 heavy (non-hydrogen) atoms. The first kappa shape index (κ1) is 24.0. The van der Waals surface area contributed by atoms with Crippen LogP contribution < -0.4 is 10.2 Å². The predicted octanol–water partition coefficient (Wildman–Crippen LogP) is 2.87. The maximum atomic E-state index is 12.8. The van der Waals surface area contributed by atoms with Crippen LogP contribution >= 0.6 is 0 Å². The minimum absolute atomic E-state index is 0.0773. The minimum Gasteiger partial charge on any atom is -0.389 e. The van der Waals surface area contributed by atoms with Gasteiger partial charge in [-0.15, -0.1) is 0 Å². The van der Waals surface area contributed by atoms with Crippen LogP contribution in [0.3, 0.4) is 0 Å². The highest BCUT2D eigenvalue weighted by Crippen LogP contribution is 2.29. The topological polar surface area (TPSA) is 77.9 Å². The van der Waals surface area contributed by atoms with Crippen molar-refractivity contribution < 1.29 is 27.8 Å².